The molecule has 0 aromatic heterocycles. The van der Waals surface area contributed by atoms with E-state index in [4.69, 9.17) is 4.74 Å². The third kappa shape index (κ3) is 2.88. The van der Waals surface area contributed by atoms with E-state index in [1.54, 1.807) is 11.8 Å². The molecule has 1 saturated carbocycles. The summed E-state index contributed by atoms with van der Waals surface area (Å²) in [6.07, 6.45) is 3.30. The summed E-state index contributed by atoms with van der Waals surface area (Å²) in [5.74, 6) is 0.921. The maximum Gasteiger partial charge on any atom is 0.327 e. The molecular formula is C13H20N2O4S. The van der Waals surface area contributed by atoms with Gasteiger partial charge in [-0.25, -0.2) is 9.59 Å². The Morgan fingerprint density at radius 3 is 2.80 bits per heavy atom. The van der Waals surface area contributed by atoms with Crippen LogP contribution in [0.1, 0.15) is 19.3 Å². The molecule has 0 bridgehead atoms. The smallest absolute Gasteiger partial charge is 0.327 e. The van der Waals surface area contributed by atoms with Gasteiger partial charge in [-0.05, 0) is 25.2 Å². The molecule has 2 N–H and O–H groups in total. The lowest BCUT2D eigenvalue weighted by Gasteiger charge is -2.34. The largest absolute Gasteiger partial charge is 0.480 e. The van der Waals surface area contributed by atoms with E-state index in [9.17, 15) is 14.7 Å². The third-order valence-electron chi connectivity index (χ3n) is 4.21. The van der Waals surface area contributed by atoms with Crippen molar-refractivity contribution in [3.05, 3.63) is 0 Å². The van der Waals surface area contributed by atoms with Crippen molar-refractivity contribution in [3.8, 4) is 0 Å². The van der Waals surface area contributed by atoms with Crippen molar-refractivity contribution >= 4 is 23.8 Å². The van der Waals surface area contributed by atoms with Crippen LogP contribution in [-0.4, -0.2) is 64.9 Å². The standard InChI is InChI=1S/C13H20N2O4S/c16-12(17)10-7-20-6-4-15(10)13(18)14-9-3-5-19-11(9)8-1-2-8/h8-11H,1-7H2,(H,14,18)(H,16,17). The number of urea groups is 1. The van der Waals surface area contributed by atoms with Crippen LogP contribution in [0.5, 0.6) is 0 Å². The highest BCUT2D eigenvalue weighted by molar-refractivity contribution is 7.99. The Hall–Kier alpha value is -0.950. The molecule has 3 aliphatic rings. The summed E-state index contributed by atoms with van der Waals surface area (Å²) in [6.45, 7) is 1.18. The minimum atomic E-state index is -0.922. The van der Waals surface area contributed by atoms with Crippen LogP contribution in [0.2, 0.25) is 0 Å². The van der Waals surface area contributed by atoms with Crippen LogP contribution in [0, 0.1) is 5.92 Å². The molecule has 0 radical (unpaired) electrons. The second-order valence-electron chi connectivity index (χ2n) is 5.64. The second-order valence-corrected chi connectivity index (χ2v) is 6.79. The Kier molecular flexibility index (Phi) is 4.07. The van der Waals surface area contributed by atoms with E-state index >= 15 is 0 Å². The van der Waals surface area contributed by atoms with Crippen LogP contribution in [0.25, 0.3) is 0 Å². The number of carboxylic acids is 1. The highest BCUT2D eigenvalue weighted by atomic mass is 32.2. The van der Waals surface area contributed by atoms with Crippen molar-refractivity contribution in [2.24, 2.45) is 5.92 Å². The zero-order chi connectivity index (χ0) is 14.1. The number of nitrogens with zero attached hydrogens (tertiary/aromatic N) is 1. The Morgan fingerprint density at radius 1 is 1.30 bits per heavy atom. The molecule has 112 valence electrons. The number of amides is 2. The molecule has 7 heteroatoms. The van der Waals surface area contributed by atoms with Gasteiger partial charge in [-0.15, -0.1) is 0 Å². The number of thioether (sulfide) groups is 1. The fraction of sp³-hybridized carbons (Fsp3) is 0.846. The highest BCUT2D eigenvalue weighted by Crippen LogP contribution is 2.38. The molecule has 3 fully saturated rings. The molecular weight excluding hydrogens is 280 g/mol. The quantitative estimate of drug-likeness (QED) is 0.805. The lowest BCUT2D eigenvalue weighted by atomic mass is 10.1. The van der Waals surface area contributed by atoms with Gasteiger partial charge in [-0.1, -0.05) is 0 Å². The van der Waals surface area contributed by atoms with Crippen LogP contribution in [-0.2, 0) is 9.53 Å². The first kappa shape index (κ1) is 14.0. The molecule has 1 aliphatic carbocycles. The molecule has 2 amide bonds. The summed E-state index contributed by atoms with van der Waals surface area (Å²) in [4.78, 5) is 25.0. The molecule has 0 spiro atoms. The molecule has 3 atom stereocenters. The third-order valence-corrected chi connectivity index (χ3v) is 5.23. The van der Waals surface area contributed by atoms with Crippen LogP contribution < -0.4 is 5.32 Å². The van der Waals surface area contributed by atoms with E-state index in [0.717, 1.165) is 12.2 Å². The van der Waals surface area contributed by atoms with Gasteiger partial charge in [0, 0.05) is 24.7 Å². The molecule has 0 aromatic rings. The van der Waals surface area contributed by atoms with E-state index in [1.807, 2.05) is 0 Å². The number of carboxylic acid groups (broad SMARTS) is 1. The topological polar surface area (TPSA) is 78.9 Å². The van der Waals surface area contributed by atoms with Crippen molar-refractivity contribution < 1.29 is 19.4 Å². The van der Waals surface area contributed by atoms with Gasteiger partial charge in [-0.3, -0.25) is 0 Å². The van der Waals surface area contributed by atoms with Crippen molar-refractivity contribution in [3.63, 3.8) is 0 Å². The van der Waals surface area contributed by atoms with Crippen molar-refractivity contribution in [1.82, 2.24) is 10.2 Å². The molecule has 2 saturated heterocycles. The molecule has 3 rings (SSSR count). The minimum Gasteiger partial charge on any atom is -0.480 e. The fourth-order valence-corrected chi connectivity index (χ4v) is 3.99. The first-order valence-corrected chi connectivity index (χ1v) is 8.31. The van der Waals surface area contributed by atoms with E-state index in [-0.39, 0.29) is 18.2 Å². The van der Waals surface area contributed by atoms with Crippen LogP contribution >= 0.6 is 11.8 Å². The molecule has 2 aliphatic heterocycles. The SMILES string of the molecule is O=C(O)C1CSCCN1C(=O)NC1CCOC1C1CC1. The zero-order valence-electron chi connectivity index (χ0n) is 11.3. The maximum atomic E-state index is 12.3. The van der Waals surface area contributed by atoms with Crippen LogP contribution in [0.15, 0.2) is 0 Å². The average molecular weight is 300 g/mol. The summed E-state index contributed by atoms with van der Waals surface area (Å²) in [5, 5.41) is 12.2. The predicted octanol–water partition coefficient (Wildman–Crippen LogP) is 0.765. The Labute approximate surface area is 122 Å². The van der Waals surface area contributed by atoms with Gasteiger partial charge in [0.15, 0.2) is 0 Å². The highest BCUT2D eigenvalue weighted by Gasteiger charge is 2.42. The first-order chi connectivity index (χ1) is 9.66. The number of ether oxygens (including phenoxy) is 1. The molecule has 20 heavy (non-hydrogen) atoms. The van der Waals surface area contributed by atoms with Gasteiger partial charge in [0.2, 0.25) is 0 Å². The second kappa shape index (κ2) is 5.81. The predicted molar refractivity (Wildman–Crippen MR) is 74.9 cm³/mol. The summed E-state index contributed by atoms with van der Waals surface area (Å²) < 4.78 is 5.70. The number of hydrogen-bond acceptors (Lipinski definition) is 4. The van der Waals surface area contributed by atoms with Gasteiger partial charge in [0.1, 0.15) is 6.04 Å². The lowest BCUT2D eigenvalue weighted by molar-refractivity contribution is -0.141. The number of rotatable bonds is 3. The number of aliphatic carboxylic acids is 1. The minimum absolute atomic E-state index is 0.0408. The molecule has 2 heterocycles. The van der Waals surface area contributed by atoms with Crippen molar-refractivity contribution in [2.45, 2.75) is 37.5 Å². The molecule has 3 unspecified atom stereocenters. The first-order valence-electron chi connectivity index (χ1n) is 7.16. The van der Waals surface area contributed by atoms with E-state index in [0.29, 0.717) is 24.8 Å². The van der Waals surface area contributed by atoms with Gasteiger partial charge >= 0.3 is 12.0 Å². The van der Waals surface area contributed by atoms with Gasteiger partial charge < -0.3 is 20.1 Å². The van der Waals surface area contributed by atoms with E-state index < -0.39 is 12.0 Å². The number of nitrogens with one attached hydrogen (secondary N) is 1. The Balaban J connectivity index is 1.61. The van der Waals surface area contributed by atoms with Gasteiger partial charge in [0.05, 0.1) is 12.1 Å². The monoisotopic (exact) mass is 300 g/mol. The summed E-state index contributed by atoms with van der Waals surface area (Å²) in [6, 6.07) is -0.923. The number of hydrogen-bond donors (Lipinski definition) is 2. The van der Waals surface area contributed by atoms with Crippen LogP contribution in [0.3, 0.4) is 0 Å². The average Bonchev–Trinajstić information content (AvgIpc) is 3.19. The summed E-state index contributed by atoms with van der Waals surface area (Å²) >= 11 is 1.58. The fourth-order valence-electron chi connectivity index (χ4n) is 2.95. The number of carbonyl (C=O) groups excluding carboxylic acids is 1. The van der Waals surface area contributed by atoms with E-state index in [1.165, 1.54) is 17.7 Å². The van der Waals surface area contributed by atoms with Gasteiger partial charge in [0.25, 0.3) is 0 Å². The normalized spacial score (nSPS) is 34.0. The van der Waals surface area contributed by atoms with Crippen LogP contribution in [0.4, 0.5) is 4.79 Å². The molecule has 0 aromatic carbocycles. The van der Waals surface area contributed by atoms with Gasteiger partial charge in [-0.2, -0.15) is 11.8 Å². The van der Waals surface area contributed by atoms with Crippen molar-refractivity contribution in [2.75, 3.05) is 24.7 Å². The molecule has 6 nitrogen and oxygen atoms in total. The Bertz CT molecular complexity index is 402. The van der Waals surface area contributed by atoms with E-state index in [2.05, 4.69) is 5.32 Å². The lowest BCUT2D eigenvalue weighted by Crippen LogP contribution is -2.56. The maximum absolute atomic E-state index is 12.3. The summed E-state index contributed by atoms with van der Waals surface area (Å²) in [5.41, 5.74) is 0. The zero-order valence-corrected chi connectivity index (χ0v) is 12.1. The number of carbonyl (C=O) groups is 2. The summed E-state index contributed by atoms with van der Waals surface area (Å²) in [7, 11) is 0. The Morgan fingerprint density at radius 2 is 2.10 bits per heavy atom. The van der Waals surface area contributed by atoms with Crippen molar-refractivity contribution in [1.29, 1.82) is 0 Å².